The first-order chi connectivity index (χ1) is 5.33. The molecule has 58 valence electrons. The Labute approximate surface area is 74.4 Å². The van der Waals surface area contributed by atoms with E-state index in [2.05, 4.69) is 26.5 Å². The highest BCUT2D eigenvalue weighted by molar-refractivity contribution is 9.10. The van der Waals surface area contributed by atoms with E-state index < -0.39 is 0 Å². The molecule has 0 atom stereocenters. The van der Waals surface area contributed by atoms with Gasteiger partial charge in [0.2, 0.25) is 0 Å². The summed E-state index contributed by atoms with van der Waals surface area (Å²) in [5, 5.41) is 3.88. The predicted molar refractivity (Wildman–Crippen MR) is 51.9 cm³/mol. The van der Waals surface area contributed by atoms with E-state index in [9.17, 15) is 0 Å². The zero-order chi connectivity index (χ0) is 8.10. The third-order valence-electron chi connectivity index (χ3n) is 1.17. The van der Waals surface area contributed by atoms with Gasteiger partial charge in [-0.15, -0.1) is 0 Å². The molecule has 1 rings (SSSR count). The summed E-state index contributed by atoms with van der Waals surface area (Å²) in [6, 6.07) is 7.84. The molecule has 0 heterocycles. The lowest BCUT2D eigenvalue weighted by molar-refractivity contribution is 1.34. The van der Waals surface area contributed by atoms with Crippen LogP contribution >= 0.6 is 15.9 Å². The largest absolute Gasteiger partial charge is 0.279 e. The van der Waals surface area contributed by atoms with E-state index in [1.807, 2.05) is 31.2 Å². The number of anilines is 1. The average molecular weight is 213 g/mol. The number of hydrazone groups is 1. The van der Waals surface area contributed by atoms with Gasteiger partial charge in [-0.2, -0.15) is 5.10 Å². The van der Waals surface area contributed by atoms with E-state index in [-0.39, 0.29) is 0 Å². The van der Waals surface area contributed by atoms with E-state index >= 15 is 0 Å². The first-order valence-corrected chi connectivity index (χ1v) is 4.11. The van der Waals surface area contributed by atoms with Crippen molar-refractivity contribution in [1.29, 1.82) is 0 Å². The van der Waals surface area contributed by atoms with Gasteiger partial charge in [0.15, 0.2) is 0 Å². The molecule has 1 aromatic carbocycles. The van der Waals surface area contributed by atoms with Gasteiger partial charge in [0, 0.05) is 10.7 Å². The summed E-state index contributed by atoms with van der Waals surface area (Å²) < 4.78 is 1.07. The van der Waals surface area contributed by atoms with Crippen molar-refractivity contribution in [3.05, 3.63) is 28.7 Å². The van der Waals surface area contributed by atoms with Crippen LogP contribution in [-0.4, -0.2) is 6.21 Å². The van der Waals surface area contributed by atoms with Crippen LogP contribution in [-0.2, 0) is 0 Å². The lowest BCUT2D eigenvalue weighted by Crippen LogP contribution is -1.86. The van der Waals surface area contributed by atoms with Crippen LogP contribution in [0.1, 0.15) is 6.92 Å². The van der Waals surface area contributed by atoms with Crippen molar-refractivity contribution in [2.45, 2.75) is 6.92 Å². The minimum absolute atomic E-state index is 0.992. The van der Waals surface area contributed by atoms with E-state index in [1.165, 1.54) is 0 Å². The fraction of sp³-hybridized carbons (Fsp3) is 0.125. The molecule has 0 spiro atoms. The van der Waals surface area contributed by atoms with Crippen molar-refractivity contribution >= 4 is 27.8 Å². The third kappa shape index (κ3) is 2.72. The van der Waals surface area contributed by atoms with E-state index in [0.717, 1.165) is 10.2 Å². The SMILES string of the molecule is CC=NNc1ccc(Br)cc1. The van der Waals surface area contributed by atoms with Crippen LogP contribution < -0.4 is 5.43 Å². The molecular formula is C8H9BrN2. The summed E-state index contributed by atoms with van der Waals surface area (Å²) in [5.74, 6) is 0. The Morgan fingerprint density at radius 3 is 2.55 bits per heavy atom. The Hall–Kier alpha value is -0.830. The fourth-order valence-corrected chi connectivity index (χ4v) is 0.928. The Morgan fingerprint density at radius 1 is 1.36 bits per heavy atom. The second-order valence-electron chi connectivity index (χ2n) is 2.01. The molecule has 0 aliphatic rings. The molecule has 0 amide bonds. The molecule has 0 aromatic heterocycles. The smallest absolute Gasteiger partial charge is 0.0562 e. The summed E-state index contributed by atoms with van der Waals surface area (Å²) in [5.41, 5.74) is 3.86. The lowest BCUT2D eigenvalue weighted by Gasteiger charge is -1.97. The average Bonchev–Trinajstić information content (AvgIpc) is 2.04. The highest BCUT2D eigenvalue weighted by Crippen LogP contribution is 2.13. The van der Waals surface area contributed by atoms with Crippen molar-refractivity contribution in [3.8, 4) is 0 Å². The van der Waals surface area contributed by atoms with Gasteiger partial charge in [0.1, 0.15) is 0 Å². The van der Waals surface area contributed by atoms with Gasteiger partial charge >= 0.3 is 0 Å². The second-order valence-corrected chi connectivity index (χ2v) is 2.92. The summed E-state index contributed by atoms with van der Waals surface area (Å²) >= 11 is 3.35. The van der Waals surface area contributed by atoms with Crippen LogP contribution in [0.4, 0.5) is 5.69 Å². The van der Waals surface area contributed by atoms with Crippen molar-refractivity contribution in [3.63, 3.8) is 0 Å². The molecule has 1 N–H and O–H groups in total. The number of nitrogens with one attached hydrogen (secondary N) is 1. The van der Waals surface area contributed by atoms with Crippen LogP contribution in [0.15, 0.2) is 33.8 Å². The van der Waals surface area contributed by atoms with Gasteiger partial charge in [-0.25, -0.2) is 0 Å². The van der Waals surface area contributed by atoms with Crippen molar-refractivity contribution in [2.24, 2.45) is 5.10 Å². The van der Waals surface area contributed by atoms with E-state index in [0.29, 0.717) is 0 Å². The summed E-state index contributed by atoms with van der Waals surface area (Å²) in [4.78, 5) is 0. The van der Waals surface area contributed by atoms with Crippen molar-refractivity contribution < 1.29 is 0 Å². The van der Waals surface area contributed by atoms with Crippen LogP contribution in [0.25, 0.3) is 0 Å². The molecule has 0 aliphatic carbocycles. The number of benzene rings is 1. The normalized spacial score (nSPS) is 10.4. The Bertz CT molecular complexity index is 241. The first kappa shape index (κ1) is 8.27. The quantitative estimate of drug-likeness (QED) is 0.592. The monoisotopic (exact) mass is 212 g/mol. The zero-order valence-electron chi connectivity index (χ0n) is 6.21. The van der Waals surface area contributed by atoms with Gasteiger partial charge < -0.3 is 0 Å². The molecule has 0 saturated carbocycles. The molecule has 0 unspecified atom stereocenters. The third-order valence-corrected chi connectivity index (χ3v) is 1.70. The van der Waals surface area contributed by atoms with Crippen LogP contribution in [0.2, 0.25) is 0 Å². The summed E-state index contributed by atoms with van der Waals surface area (Å²) in [6.07, 6.45) is 1.71. The van der Waals surface area contributed by atoms with Gasteiger partial charge in [-0.1, -0.05) is 15.9 Å². The molecule has 0 saturated heterocycles. The van der Waals surface area contributed by atoms with Crippen LogP contribution in [0.5, 0.6) is 0 Å². The fourth-order valence-electron chi connectivity index (χ4n) is 0.664. The molecule has 11 heavy (non-hydrogen) atoms. The molecule has 2 nitrogen and oxygen atoms in total. The first-order valence-electron chi connectivity index (χ1n) is 3.32. The maximum atomic E-state index is 3.88. The van der Waals surface area contributed by atoms with E-state index in [4.69, 9.17) is 0 Å². The standard InChI is InChI=1S/C8H9BrN2/c1-2-10-11-8-5-3-7(9)4-6-8/h2-6,11H,1H3. The number of hydrogen-bond donors (Lipinski definition) is 1. The molecule has 3 heteroatoms. The number of rotatable bonds is 2. The number of halogens is 1. The van der Waals surface area contributed by atoms with Gasteiger partial charge in [-0.05, 0) is 31.2 Å². The topological polar surface area (TPSA) is 24.4 Å². The van der Waals surface area contributed by atoms with Crippen molar-refractivity contribution in [2.75, 3.05) is 5.43 Å². The minimum Gasteiger partial charge on any atom is -0.279 e. The van der Waals surface area contributed by atoms with Crippen molar-refractivity contribution in [1.82, 2.24) is 0 Å². The molecule has 0 aliphatic heterocycles. The van der Waals surface area contributed by atoms with Gasteiger partial charge in [-0.3, -0.25) is 5.43 Å². The molecule has 1 aromatic rings. The lowest BCUT2D eigenvalue weighted by atomic mass is 10.3. The minimum atomic E-state index is 0.992. The maximum absolute atomic E-state index is 3.88. The van der Waals surface area contributed by atoms with Gasteiger partial charge in [0.05, 0.1) is 5.69 Å². The highest BCUT2D eigenvalue weighted by Gasteiger charge is 1.87. The highest BCUT2D eigenvalue weighted by atomic mass is 79.9. The second kappa shape index (κ2) is 4.13. The zero-order valence-corrected chi connectivity index (χ0v) is 7.80. The molecule has 0 radical (unpaired) electrons. The van der Waals surface area contributed by atoms with E-state index in [1.54, 1.807) is 6.21 Å². The Morgan fingerprint density at radius 2 is 2.00 bits per heavy atom. The predicted octanol–water partition coefficient (Wildman–Crippen LogP) is 2.87. The van der Waals surface area contributed by atoms with Gasteiger partial charge in [0.25, 0.3) is 0 Å². The molecule has 0 fully saturated rings. The maximum Gasteiger partial charge on any atom is 0.0562 e. The molecule has 0 bridgehead atoms. The Balaban J connectivity index is 2.66. The molecular weight excluding hydrogens is 204 g/mol. The Kier molecular flexibility index (Phi) is 3.11. The summed E-state index contributed by atoms with van der Waals surface area (Å²) in [6.45, 7) is 1.87. The van der Waals surface area contributed by atoms with Crippen LogP contribution in [0.3, 0.4) is 0 Å². The summed E-state index contributed by atoms with van der Waals surface area (Å²) in [7, 11) is 0. The number of nitrogens with zero attached hydrogens (tertiary/aromatic N) is 1. The number of hydrogen-bond acceptors (Lipinski definition) is 2. The van der Waals surface area contributed by atoms with Crippen LogP contribution in [0, 0.1) is 0 Å².